The van der Waals surface area contributed by atoms with E-state index in [9.17, 15) is 0 Å². The molecule has 1 aliphatic heterocycles. The van der Waals surface area contributed by atoms with E-state index in [1.54, 1.807) is 6.07 Å². The van der Waals surface area contributed by atoms with Gasteiger partial charge >= 0.3 is 0 Å². The first kappa shape index (κ1) is 11.8. The Kier molecular flexibility index (Phi) is 3.77. The van der Waals surface area contributed by atoms with Crippen molar-refractivity contribution in [2.75, 3.05) is 20.1 Å². The fraction of sp³-hybridized carbons (Fsp3) is 0.667. The van der Waals surface area contributed by atoms with E-state index in [0.29, 0.717) is 11.1 Å². The van der Waals surface area contributed by atoms with Crippen molar-refractivity contribution in [1.82, 2.24) is 14.9 Å². The molecule has 0 radical (unpaired) electrons. The molecule has 1 aliphatic rings. The van der Waals surface area contributed by atoms with Crippen molar-refractivity contribution in [2.45, 2.75) is 26.2 Å². The topological polar surface area (TPSA) is 29.0 Å². The smallest absolute Gasteiger partial charge is 0.133 e. The molecule has 0 spiro atoms. The molecular weight excluding hydrogens is 222 g/mol. The van der Waals surface area contributed by atoms with Crippen molar-refractivity contribution in [2.24, 2.45) is 5.92 Å². The van der Waals surface area contributed by atoms with Gasteiger partial charge in [0.15, 0.2) is 0 Å². The summed E-state index contributed by atoms with van der Waals surface area (Å²) in [6.07, 6.45) is 3.45. The van der Waals surface area contributed by atoms with Gasteiger partial charge < -0.3 is 4.90 Å². The van der Waals surface area contributed by atoms with Crippen molar-refractivity contribution in [1.29, 1.82) is 0 Å². The highest BCUT2D eigenvalue weighted by Gasteiger charge is 2.18. The Hall–Kier alpha value is -0.670. The van der Waals surface area contributed by atoms with Gasteiger partial charge in [-0.15, -0.1) is 0 Å². The van der Waals surface area contributed by atoms with Crippen LogP contribution in [-0.2, 0) is 6.42 Å². The minimum Gasteiger partial charge on any atom is -0.306 e. The normalized spacial score (nSPS) is 18.9. The highest BCUT2D eigenvalue weighted by molar-refractivity contribution is 6.29. The fourth-order valence-electron chi connectivity index (χ4n) is 2.20. The van der Waals surface area contributed by atoms with Gasteiger partial charge in [-0.05, 0) is 51.9 Å². The maximum Gasteiger partial charge on any atom is 0.133 e. The number of aromatic nitrogens is 2. The van der Waals surface area contributed by atoms with Gasteiger partial charge in [0.2, 0.25) is 0 Å². The van der Waals surface area contributed by atoms with Crippen molar-refractivity contribution in [3.05, 3.63) is 22.7 Å². The van der Waals surface area contributed by atoms with E-state index in [1.165, 1.54) is 25.9 Å². The summed E-state index contributed by atoms with van der Waals surface area (Å²) in [5.41, 5.74) is 0.961. The van der Waals surface area contributed by atoms with Crippen LogP contribution in [0.5, 0.6) is 0 Å². The van der Waals surface area contributed by atoms with Crippen LogP contribution in [0.25, 0.3) is 0 Å². The van der Waals surface area contributed by atoms with Crippen molar-refractivity contribution < 1.29 is 0 Å². The van der Waals surface area contributed by atoms with Crippen molar-refractivity contribution in [3.8, 4) is 0 Å². The third-order valence-electron chi connectivity index (χ3n) is 3.18. The molecule has 1 fully saturated rings. The minimum absolute atomic E-state index is 0.565. The van der Waals surface area contributed by atoms with Crippen LogP contribution in [-0.4, -0.2) is 35.0 Å². The van der Waals surface area contributed by atoms with Gasteiger partial charge in [0.25, 0.3) is 0 Å². The molecule has 0 aliphatic carbocycles. The fourth-order valence-corrected chi connectivity index (χ4v) is 2.46. The second kappa shape index (κ2) is 5.11. The molecule has 0 unspecified atom stereocenters. The third kappa shape index (κ3) is 3.16. The molecule has 0 bridgehead atoms. The molecular formula is C12H18ClN3. The van der Waals surface area contributed by atoms with E-state index in [1.807, 2.05) is 6.92 Å². The van der Waals surface area contributed by atoms with Crippen LogP contribution in [0.4, 0.5) is 0 Å². The zero-order chi connectivity index (χ0) is 11.5. The molecule has 4 heteroatoms. The lowest BCUT2D eigenvalue weighted by molar-refractivity contribution is 0.217. The second-order valence-electron chi connectivity index (χ2n) is 4.70. The zero-order valence-electron chi connectivity index (χ0n) is 9.91. The van der Waals surface area contributed by atoms with Crippen molar-refractivity contribution in [3.63, 3.8) is 0 Å². The number of rotatable bonds is 2. The van der Waals surface area contributed by atoms with Crippen LogP contribution < -0.4 is 0 Å². The van der Waals surface area contributed by atoms with Crippen LogP contribution in [0.3, 0.4) is 0 Å². The highest BCUT2D eigenvalue weighted by atomic mass is 35.5. The SMILES string of the molecule is Cc1cc(Cl)nc(CC2CCN(C)CC2)n1. The maximum absolute atomic E-state index is 5.93. The lowest BCUT2D eigenvalue weighted by Crippen LogP contribution is -2.31. The van der Waals surface area contributed by atoms with E-state index in [4.69, 9.17) is 11.6 Å². The van der Waals surface area contributed by atoms with Gasteiger partial charge in [-0.3, -0.25) is 0 Å². The van der Waals surface area contributed by atoms with Gasteiger partial charge in [-0.2, -0.15) is 0 Å². The standard InChI is InChI=1S/C12H18ClN3/c1-9-7-11(13)15-12(14-9)8-10-3-5-16(2)6-4-10/h7,10H,3-6,8H2,1-2H3. The molecule has 1 saturated heterocycles. The Morgan fingerprint density at radius 2 is 2.06 bits per heavy atom. The monoisotopic (exact) mass is 239 g/mol. The molecule has 1 aromatic heterocycles. The second-order valence-corrected chi connectivity index (χ2v) is 5.09. The lowest BCUT2D eigenvalue weighted by atomic mass is 9.93. The first-order valence-electron chi connectivity index (χ1n) is 5.82. The Morgan fingerprint density at radius 1 is 1.38 bits per heavy atom. The Bertz CT molecular complexity index is 339. The summed E-state index contributed by atoms with van der Waals surface area (Å²) in [6.45, 7) is 4.33. The quantitative estimate of drug-likeness (QED) is 0.742. The molecule has 0 N–H and O–H groups in total. The first-order chi connectivity index (χ1) is 7.63. The Morgan fingerprint density at radius 3 is 2.69 bits per heavy atom. The summed E-state index contributed by atoms with van der Waals surface area (Å²) in [4.78, 5) is 11.1. The van der Waals surface area contributed by atoms with E-state index < -0.39 is 0 Å². The molecule has 1 aromatic rings. The van der Waals surface area contributed by atoms with E-state index in [0.717, 1.165) is 17.9 Å². The molecule has 88 valence electrons. The largest absolute Gasteiger partial charge is 0.306 e. The average molecular weight is 240 g/mol. The summed E-state index contributed by atoms with van der Waals surface area (Å²) >= 11 is 5.93. The maximum atomic E-state index is 5.93. The summed E-state index contributed by atoms with van der Waals surface area (Å²) in [6, 6.07) is 1.81. The summed E-state index contributed by atoms with van der Waals surface area (Å²) in [5, 5.41) is 0.565. The number of nitrogens with zero attached hydrogens (tertiary/aromatic N) is 3. The molecule has 0 atom stereocenters. The highest BCUT2D eigenvalue weighted by Crippen LogP contribution is 2.20. The summed E-state index contributed by atoms with van der Waals surface area (Å²) < 4.78 is 0. The van der Waals surface area contributed by atoms with E-state index >= 15 is 0 Å². The van der Waals surface area contributed by atoms with E-state index in [-0.39, 0.29) is 0 Å². The Labute approximate surface area is 102 Å². The predicted molar refractivity (Wildman–Crippen MR) is 65.7 cm³/mol. The minimum atomic E-state index is 0.565. The number of likely N-dealkylation sites (tertiary alicyclic amines) is 1. The van der Waals surface area contributed by atoms with Crippen LogP contribution >= 0.6 is 11.6 Å². The number of hydrogen-bond donors (Lipinski definition) is 0. The molecule has 0 aromatic carbocycles. The summed E-state index contributed by atoms with van der Waals surface area (Å²) in [5.74, 6) is 1.62. The van der Waals surface area contributed by atoms with Gasteiger partial charge in [0.1, 0.15) is 11.0 Å². The van der Waals surface area contributed by atoms with Gasteiger partial charge in [0, 0.05) is 12.1 Å². The zero-order valence-corrected chi connectivity index (χ0v) is 10.7. The molecule has 3 nitrogen and oxygen atoms in total. The summed E-state index contributed by atoms with van der Waals surface area (Å²) in [7, 11) is 2.18. The molecule has 16 heavy (non-hydrogen) atoms. The van der Waals surface area contributed by atoms with E-state index in [2.05, 4.69) is 21.9 Å². The number of aryl methyl sites for hydroxylation is 1. The number of piperidine rings is 1. The average Bonchev–Trinajstić information content (AvgIpc) is 2.20. The van der Waals surface area contributed by atoms with Gasteiger partial charge in [-0.1, -0.05) is 11.6 Å². The molecule has 2 rings (SSSR count). The predicted octanol–water partition coefficient (Wildman–Crippen LogP) is 2.32. The van der Waals surface area contributed by atoms with Crippen LogP contribution in [0, 0.1) is 12.8 Å². The van der Waals surface area contributed by atoms with Gasteiger partial charge in [0.05, 0.1) is 0 Å². The number of halogens is 1. The third-order valence-corrected chi connectivity index (χ3v) is 3.37. The lowest BCUT2D eigenvalue weighted by Gasteiger charge is -2.28. The first-order valence-corrected chi connectivity index (χ1v) is 6.20. The molecule has 0 saturated carbocycles. The molecule has 0 amide bonds. The van der Waals surface area contributed by atoms with Crippen molar-refractivity contribution >= 4 is 11.6 Å². The number of hydrogen-bond acceptors (Lipinski definition) is 3. The van der Waals surface area contributed by atoms with Crippen LogP contribution in [0.15, 0.2) is 6.07 Å². The van der Waals surface area contributed by atoms with Crippen LogP contribution in [0.1, 0.15) is 24.4 Å². The van der Waals surface area contributed by atoms with Crippen LogP contribution in [0.2, 0.25) is 5.15 Å². The molecule has 2 heterocycles. The Balaban J connectivity index is 1.98. The van der Waals surface area contributed by atoms with Gasteiger partial charge in [-0.25, -0.2) is 9.97 Å².